The molecule has 0 aromatic heterocycles. The van der Waals surface area contributed by atoms with Gasteiger partial charge < -0.3 is 10.2 Å². The molecule has 1 N–H and O–H groups in total. The zero-order chi connectivity index (χ0) is 15.1. The Labute approximate surface area is 120 Å². The molecule has 0 unspecified atom stereocenters. The molecule has 108 valence electrons. The van der Waals surface area contributed by atoms with Gasteiger partial charge in [0.25, 0.3) is 0 Å². The summed E-state index contributed by atoms with van der Waals surface area (Å²) in [7, 11) is 0. The van der Waals surface area contributed by atoms with Crippen molar-refractivity contribution in [3.8, 4) is 0 Å². The number of hydrogen-bond donors (Lipinski definition) is 1. The number of amides is 2. The fraction of sp³-hybridized carbons (Fsp3) is 0.375. The van der Waals surface area contributed by atoms with E-state index in [9.17, 15) is 9.59 Å². The standard InChI is InChI=1S/C16H22N2O2/c1-5-9-17-16(20)8-10-18(14(4)19)15-11-12(2)6-7-13(15)3/h5-7,11H,1,8-10H2,2-4H3,(H,17,20). The molecule has 4 nitrogen and oxygen atoms in total. The van der Waals surface area contributed by atoms with Crippen molar-refractivity contribution in [2.45, 2.75) is 27.2 Å². The fourth-order valence-corrected chi connectivity index (χ4v) is 1.95. The van der Waals surface area contributed by atoms with Crippen molar-refractivity contribution in [1.82, 2.24) is 5.32 Å². The van der Waals surface area contributed by atoms with Gasteiger partial charge in [-0.25, -0.2) is 0 Å². The van der Waals surface area contributed by atoms with E-state index in [1.54, 1.807) is 11.0 Å². The van der Waals surface area contributed by atoms with E-state index in [4.69, 9.17) is 0 Å². The molecule has 2 amide bonds. The first-order chi connectivity index (χ1) is 9.45. The third kappa shape index (κ3) is 4.53. The zero-order valence-corrected chi connectivity index (χ0v) is 12.4. The summed E-state index contributed by atoms with van der Waals surface area (Å²) in [5.41, 5.74) is 2.99. The number of carbonyl (C=O) groups is 2. The Balaban J connectivity index is 2.79. The molecular formula is C16H22N2O2. The van der Waals surface area contributed by atoms with Gasteiger partial charge in [0, 0.05) is 32.1 Å². The van der Waals surface area contributed by atoms with Crippen LogP contribution in [-0.2, 0) is 9.59 Å². The van der Waals surface area contributed by atoms with Crippen LogP contribution in [0.2, 0.25) is 0 Å². The minimum Gasteiger partial charge on any atom is -0.353 e. The highest BCUT2D eigenvalue weighted by atomic mass is 16.2. The predicted octanol–water partition coefficient (Wildman–Crippen LogP) is 2.35. The number of anilines is 1. The fourth-order valence-electron chi connectivity index (χ4n) is 1.95. The molecule has 0 saturated heterocycles. The summed E-state index contributed by atoms with van der Waals surface area (Å²) in [6.07, 6.45) is 1.91. The molecule has 0 aliphatic rings. The van der Waals surface area contributed by atoms with Crippen LogP contribution in [0.3, 0.4) is 0 Å². The molecule has 0 aliphatic carbocycles. The van der Waals surface area contributed by atoms with Gasteiger partial charge in [0.2, 0.25) is 11.8 Å². The van der Waals surface area contributed by atoms with Crippen molar-refractivity contribution in [3.63, 3.8) is 0 Å². The van der Waals surface area contributed by atoms with E-state index >= 15 is 0 Å². The first-order valence-corrected chi connectivity index (χ1v) is 6.68. The van der Waals surface area contributed by atoms with Crippen molar-refractivity contribution < 1.29 is 9.59 Å². The number of hydrogen-bond acceptors (Lipinski definition) is 2. The maximum atomic E-state index is 11.8. The minimum atomic E-state index is -0.0820. The van der Waals surface area contributed by atoms with Gasteiger partial charge in [-0.3, -0.25) is 9.59 Å². The molecule has 0 aliphatic heterocycles. The second-order valence-corrected chi connectivity index (χ2v) is 4.80. The van der Waals surface area contributed by atoms with Gasteiger partial charge >= 0.3 is 0 Å². The van der Waals surface area contributed by atoms with Crippen molar-refractivity contribution in [2.24, 2.45) is 0 Å². The summed E-state index contributed by atoms with van der Waals surface area (Å²) in [4.78, 5) is 25.1. The third-order valence-electron chi connectivity index (χ3n) is 3.04. The molecule has 1 aromatic carbocycles. The number of aryl methyl sites for hydroxylation is 2. The van der Waals surface area contributed by atoms with E-state index in [1.807, 2.05) is 32.0 Å². The lowest BCUT2D eigenvalue weighted by Crippen LogP contribution is -2.34. The Morgan fingerprint density at radius 3 is 2.65 bits per heavy atom. The number of carbonyl (C=O) groups excluding carboxylic acids is 2. The Bertz CT molecular complexity index is 509. The molecule has 20 heavy (non-hydrogen) atoms. The van der Waals surface area contributed by atoms with E-state index in [0.29, 0.717) is 13.1 Å². The van der Waals surface area contributed by atoms with Crippen LogP contribution >= 0.6 is 0 Å². The van der Waals surface area contributed by atoms with Crippen molar-refractivity contribution in [3.05, 3.63) is 42.0 Å². The lowest BCUT2D eigenvalue weighted by molar-refractivity contribution is -0.120. The highest BCUT2D eigenvalue weighted by molar-refractivity contribution is 5.93. The van der Waals surface area contributed by atoms with E-state index in [-0.39, 0.29) is 18.2 Å². The summed E-state index contributed by atoms with van der Waals surface area (Å²) >= 11 is 0. The number of rotatable bonds is 6. The average Bonchev–Trinajstić information content (AvgIpc) is 2.40. The minimum absolute atomic E-state index is 0.0600. The summed E-state index contributed by atoms with van der Waals surface area (Å²) in [5.74, 6) is -0.142. The number of nitrogens with zero attached hydrogens (tertiary/aromatic N) is 1. The van der Waals surface area contributed by atoms with Gasteiger partial charge in [-0.05, 0) is 31.0 Å². The molecule has 0 spiro atoms. The first kappa shape index (κ1) is 16.0. The molecule has 0 fully saturated rings. The quantitative estimate of drug-likeness (QED) is 0.810. The Morgan fingerprint density at radius 2 is 2.05 bits per heavy atom. The van der Waals surface area contributed by atoms with Crippen LogP contribution in [-0.4, -0.2) is 24.9 Å². The van der Waals surface area contributed by atoms with Gasteiger partial charge in [0.05, 0.1) is 0 Å². The van der Waals surface area contributed by atoms with Crippen LogP contribution in [0.5, 0.6) is 0 Å². The van der Waals surface area contributed by atoms with Gasteiger partial charge in [0.15, 0.2) is 0 Å². The molecule has 0 bridgehead atoms. The van der Waals surface area contributed by atoms with Crippen molar-refractivity contribution >= 4 is 17.5 Å². The molecule has 4 heteroatoms. The van der Waals surface area contributed by atoms with Gasteiger partial charge in [-0.1, -0.05) is 18.2 Å². The third-order valence-corrected chi connectivity index (χ3v) is 3.04. The lowest BCUT2D eigenvalue weighted by Gasteiger charge is -2.23. The second-order valence-electron chi connectivity index (χ2n) is 4.80. The van der Waals surface area contributed by atoms with E-state index in [2.05, 4.69) is 11.9 Å². The van der Waals surface area contributed by atoms with Crippen LogP contribution < -0.4 is 10.2 Å². The molecule has 0 saturated carbocycles. The highest BCUT2D eigenvalue weighted by Crippen LogP contribution is 2.22. The monoisotopic (exact) mass is 274 g/mol. The Kier molecular flexibility index (Phi) is 5.97. The Morgan fingerprint density at radius 1 is 1.35 bits per heavy atom. The summed E-state index contributed by atoms with van der Waals surface area (Å²) in [6, 6.07) is 5.96. The largest absolute Gasteiger partial charge is 0.353 e. The molecule has 0 atom stereocenters. The summed E-state index contributed by atoms with van der Waals surface area (Å²) in [6.45, 7) is 9.83. The molecule has 0 radical (unpaired) electrons. The normalized spacial score (nSPS) is 9.95. The SMILES string of the molecule is C=CCNC(=O)CCN(C(C)=O)c1cc(C)ccc1C. The van der Waals surface area contributed by atoms with Gasteiger partial charge in [0.1, 0.15) is 0 Å². The number of nitrogens with one attached hydrogen (secondary N) is 1. The Hall–Kier alpha value is -2.10. The number of benzene rings is 1. The van der Waals surface area contributed by atoms with Crippen molar-refractivity contribution in [1.29, 1.82) is 0 Å². The maximum absolute atomic E-state index is 11.8. The molecular weight excluding hydrogens is 252 g/mol. The topological polar surface area (TPSA) is 49.4 Å². The average molecular weight is 274 g/mol. The maximum Gasteiger partial charge on any atom is 0.223 e. The zero-order valence-electron chi connectivity index (χ0n) is 12.4. The van der Waals surface area contributed by atoms with E-state index in [0.717, 1.165) is 16.8 Å². The first-order valence-electron chi connectivity index (χ1n) is 6.68. The van der Waals surface area contributed by atoms with Gasteiger partial charge in [-0.15, -0.1) is 6.58 Å². The van der Waals surface area contributed by atoms with Crippen LogP contribution in [0.25, 0.3) is 0 Å². The second kappa shape index (κ2) is 7.48. The molecule has 0 heterocycles. The van der Waals surface area contributed by atoms with E-state index < -0.39 is 0 Å². The van der Waals surface area contributed by atoms with Crippen LogP contribution in [0.4, 0.5) is 5.69 Å². The lowest BCUT2D eigenvalue weighted by atomic mass is 10.1. The van der Waals surface area contributed by atoms with E-state index in [1.165, 1.54) is 6.92 Å². The summed E-state index contributed by atoms with van der Waals surface area (Å²) < 4.78 is 0. The molecule has 1 aromatic rings. The van der Waals surface area contributed by atoms with Crippen LogP contribution in [0.15, 0.2) is 30.9 Å². The molecule has 1 rings (SSSR count). The van der Waals surface area contributed by atoms with Crippen LogP contribution in [0, 0.1) is 13.8 Å². The predicted molar refractivity (Wildman–Crippen MR) is 81.8 cm³/mol. The highest BCUT2D eigenvalue weighted by Gasteiger charge is 2.15. The van der Waals surface area contributed by atoms with Crippen LogP contribution in [0.1, 0.15) is 24.5 Å². The van der Waals surface area contributed by atoms with Gasteiger partial charge in [-0.2, -0.15) is 0 Å². The van der Waals surface area contributed by atoms with Crippen molar-refractivity contribution in [2.75, 3.05) is 18.0 Å². The summed E-state index contributed by atoms with van der Waals surface area (Å²) in [5, 5.41) is 2.71. The smallest absolute Gasteiger partial charge is 0.223 e.